The number of likely N-dealkylation sites (tertiary alicyclic amines) is 1. The maximum atomic E-state index is 13.9. The third-order valence-corrected chi connectivity index (χ3v) is 23.2. The molecular weight excluding hydrogens is 575 g/mol. The molecule has 3 saturated carbocycles. The minimum atomic E-state index is -1.96. The van der Waals surface area contributed by atoms with Crippen molar-refractivity contribution >= 4 is 22.4 Å². The van der Waals surface area contributed by atoms with Crippen LogP contribution in [0.4, 0.5) is 0 Å². The number of Topliss-reactive ketones (excluding diaryl/α,β-unsaturated/α-hetero) is 1. The van der Waals surface area contributed by atoms with Crippen LogP contribution < -0.4 is 0 Å². The van der Waals surface area contributed by atoms with E-state index in [0.29, 0.717) is 36.6 Å². The molecule has 3 aliphatic carbocycles. The first-order valence-corrected chi connectivity index (χ1v) is 23.9. The largest absolute Gasteiger partial charge is 0.417 e. The predicted molar refractivity (Wildman–Crippen MR) is 192 cm³/mol. The zero-order valence-corrected chi connectivity index (χ0v) is 33.0. The first-order chi connectivity index (χ1) is 20.1. The van der Waals surface area contributed by atoms with Gasteiger partial charge in [0.25, 0.3) is 0 Å². The minimum Gasteiger partial charge on any atom is -0.417 e. The zero-order chi connectivity index (χ0) is 32.9. The number of ketones is 1. The van der Waals surface area contributed by atoms with Gasteiger partial charge in [0.15, 0.2) is 22.4 Å². The third-order valence-electron chi connectivity index (χ3n) is 14.2. The average Bonchev–Trinajstić information content (AvgIpc) is 3.22. The maximum absolute atomic E-state index is 13.9. The van der Waals surface area contributed by atoms with Gasteiger partial charge in [-0.2, -0.15) is 0 Å². The summed E-state index contributed by atoms with van der Waals surface area (Å²) in [5.41, 5.74) is 2.74. The molecule has 4 rings (SSSR count). The van der Waals surface area contributed by atoms with Crippen molar-refractivity contribution in [2.75, 3.05) is 26.3 Å². The molecule has 1 aliphatic heterocycles. The number of hydrogen-bond donors (Lipinski definition) is 0. The van der Waals surface area contributed by atoms with Crippen molar-refractivity contribution in [3.05, 3.63) is 23.9 Å². The van der Waals surface area contributed by atoms with Crippen molar-refractivity contribution in [3.63, 3.8) is 0 Å². The summed E-state index contributed by atoms with van der Waals surface area (Å²) in [6.45, 7) is 37.0. The van der Waals surface area contributed by atoms with Gasteiger partial charge >= 0.3 is 0 Å². The first kappa shape index (κ1) is 36.1. The van der Waals surface area contributed by atoms with E-state index in [1.807, 2.05) is 0 Å². The maximum Gasteiger partial charge on any atom is 0.191 e. The Bertz CT molecular complexity index is 1090. The van der Waals surface area contributed by atoms with Gasteiger partial charge in [-0.1, -0.05) is 67.5 Å². The second-order valence-electron chi connectivity index (χ2n) is 18.9. The summed E-state index contributed by atoms with van der Waals surface area (Å²) in [5, 5.41) is 0.336. The van der Waals surface area contributed by atoms with Crippen LogP contribution in [0.2, 0.25) is 36.3 Å². The molecule has 0 radical (unpaired) electrons. The van der Waals surface area contributed by atoms with Crippen molar-refractivity contribution < 1.29 is 13.6 Å². The van der Waals surface area contributed by atoms with Gasteiger partial charge < -0.3 is 13.8 Å². The topological polar surface area (TPSA) is 38.8 Å². The second-order valence-corrected chi connectivity index (χ2v) is 28.5. The number of fused-ring (bicyclic) bond motifs is 1. The molecule has 0 amide bonds. The van der Waals surface area contributed by atoms with Crippen LogP contribution in [-0.2, 0) is 13.6 Å². The third kappa shape index (κ3) is 7.09. The molecule has 0 N–H and O–H groups in total. The highest BCUT2D eigenvalue weighted by Gasteiger charge is 2.58. The van der Waals surface area contributed by atoms with E-state index in [9.17, 15) is 4.79 Å². The summed E-state index contributed by atoms with van der Waals surface area (Å²) in [5.74, 6) is 2.18. The lowest BCUT2D eigenvalue weighted by Crippen LogP contribution is -2.54. The number of hydrogen-bond acceptors (Lipinski definition) is 4. The number of nitrogens with zero attached hydrogens (tertiary/aromatic N) is 1. The Labute approximate surface area is 274 Å². The van der Waals surface area contributed by atoms with Gasteiger partial charge in [0.2, 0.25) is 0 Å². The first-order valence-electron chi connectivity index (χ1n) is 18.1. The van der Waals surface area contributed by atoms with Gasteiger partial charge in [-0.25, -0.2) is 0 Å². The molecule has 0 bridgehead atoms. The second kappa shape index (κ2) is 12.7. The van der Waals surface area contributed by atoms with Gasteiger partial charge in [0.1, 0.15) is 0 Å². The van der Waals surface area contributed by atoms with Crippen molar-refractivity contribution in [1.82, 2.24) is 4.90 Å². The Morgan fingerprint density at radius 2 is 1.45 bits per heavy atom. The lowest BCUT2D eigenvalue weighted by atomic mass is 9.49. The molecule has 4 aliphatic rings. The molecule has 4 nitrogen and oxygen atoms in total. The van der Waals surface area contributed by atoms with E-state index < -0.39 is 16.6 Å². The van der Waals surface area contributed by atoms with E-state index in [1.165, 1.54) is 44.1 Å². The van der Waals surface area contributed by atoms with Crippen LogP contribution >= 0.6 is 0 Å². The van der Waals surface area contributed by atoms with Crippen molar-refractivity contribution in [3.8, 4) is 0 Å². The zero-order valence-electron chi connectivity index (χ0n) is 31.0. The van der Waals surface area contributed by atoms with Crippen LogP contribution in [0, 0.1) is 34.5 Å². The molecule has 0 aromatic rings. The molecule has 0 unspecified atom stereocenters. The Balaban J connectivity index is 1.73. The SMILES string of the molecule is C=C1CC[C@H]2[C@H](CO[Si](C)(C)C(C)(C)C)[C@@H]([C@@]3(C)CC(=CN4CCCCC4)C(=O)C[C@@H]3CO[Si](C)(C)C(C)(C)C)CC[C@]12C. The standard InChI is InChI=1S/C38H69NO3Si2/c1-28-17-18-32-31(27-42-44(12,13)36(5,6)7)33(19-20-37(28,32)8)38(9)24-29(25-39-21-15-14-16-22-39)34(40)23-30(38)26-41-43(10,11)35(2,3)4/h25,30-33H,1,14-24,26-27H2,2-13H3/t30-,31+,32+,33+,37-,38+/m1/s1. The van der Waals surface area contributed by atoms with Crippen LogP contribution in [0.1, 0.15) is 113 Å². The Morgan fingerprint density at radius 1 is 0.886 bits per heavy atom. The van der Waals surface area contributed by atoms with E-state index in [1.54, 1.807) is 0 Å². The molecule has 0 aromatic carbocycles. The van der Waals surface area contributed by atoms with Crippen LogP contribution in [0.3, 0.4) is 0 Å². The number of piperidine rings is 1. The fourth-order valence-corrected chi connectivity index (χ4v) is 10.7. The average molecular weight is 644 g/mol. The fraction of sp³-hybridized carbons (Fsp3) is 0.868. The summed E-state index contributed by atoms with van der Waals surface area (Å²) in [4.78, 5) is 16.4. The summed E-state index contributed by atoms with van der Waals surface area (Å²) < 4.78 is 14.1. The van der Waals surface area contributed by atoms with E-state index in [-0.39, 0.29) is 26.8 Å². The molecular formula is C38H69NO3Si2. The van der Waals surface area contributed by atoms with Crippen LogP contribution in [0.5, 0.6) is 0 Å². The normalized spacial score (nSPS) is 35.4. The van der Waals surface area contributed by atoms with Crippen molar-refractivity contribution in [2.45, 2.75) is 149 Å². The number of allylic oxidation sites excluding steroid dienone is 2. The van der Waals surface area contributed by atoms with Crippen molar-refractivity contribution in [2.24, 2.45) is 34.5 Å². The molecule has 4 fully saturated rings. The van der Waals surface area contributed by atoms with Crippen LogP contribution in [-0.4, -0.2) is 53.6 Å². The molecule has 6 atom stereocenters. The Hall–Kier alpha value is -0.696. The minimum absolute atomic E-state index is 0.00932. The Morgan fingerprint density at radius 3 is 2.02 bits per heavy atom. The Kier molecular flexibility index (Phi) is 10.5. The van der Waals surface area contributed by atoms with Gasteiger partial charge in [-0.05, 0) is 122 Å². The van der Waals surface area contributed by atoms with Crippen LogP contribution in [0.25, 0.3) is 0 Å². The van der Waals surface area contributed by atoms with Crippen molar-refractivity contribution in [1.29, 1.82) is 0 Å². The van der Waals surface area contributed by atoms with Gasteiger partial charge in [-0.15, -0.1) is 0 Å². The number of carbonyl (C=O) groups excluding carboxylic acids is 1. The predicted octanol–water partition coefficient (Wildman–Crippen LogP) is 10.4. The summed E-state index contributed by atoms with van der Waals surface area (Å²) in [6.07, 6.45) is 12.3. The smallest absolute Gasteiger partial charge is 0.191 e. The van der Waals surface area contributed by atoms with E-state index in [4.69, 9.17) is 8.85 Å². The molecule has 0 spiro atoms. The molecule has 1 heterocycles. The summed E-state index contributed by atoms with van der Waals surface area (Å²) in [7, 11) is -3.88. The lowest BCUT2D eigenvalue weighted by molar-refractivity contribution is -0.126. The highest BCUT2D eigenvalue weighted by molar-refractivity contribution is 6.74. The van der Waals surface area contributed by atoms with Gasteiger partial charge in [0, 0.05) is 44.5 Å². The van der Waals surface area contributed by atoms with E-state index in [0.717, 1.165) is 38.1 Å². The monoisotopic (exact) mass is 643 g/mol. The molecule has 44 heavy (non-hydrogen) atoms. The van der Waals surface area contributed by atoms with Gasteiger partial charge in [-0.3, -0.25) is 4.79 Å². The highest BCUT2D eigenvalue weighted by Crippen LogP contribution is 2.64. The summed E-state index contributed by atoms with van der Waals surface area (Å²) in [6, 6.07) is 0. The van der Waals surface area contributed by atoms with E-state index >= 15 is 0 Å². The quantitative estimate of drug-likeness (QED) is 0.150. The highest BCUT2D eigenvalue weighted by atomic mass is 28.4. The number of rotatable bonds is 8. The molecule has 252 valence electrons. The number of carbonyl (C=O) groups is 1. The molecule has 6 heteroatoms. The van der Waals surface area contributed by atoms with E-state index in [2.05, 4.69) is 99.3 Å². The fourth-order valence-electron chi connectivity index (χ4n) is 8.60. The molecule has 1 saturated heterocycles. The van der Waals surface area contributed by atoms with Crippen LogP contribution in [0.15, 0.2) is 23.9 Å². The lowest BCUT2D eigenvalue weighted by Gasteiger charge is -2.57. The molecule has 0 aromatic heterocycles. The summed E-state index contributed by atoms with van der Waals surface area (Å²) >= 11 is 0. The van der Waals surface area contributed by atoms with Gasteiger partial charge in [0.05, 0.1) is 0 Å².